The molecule has 2 saturated heterocycles. The molecule has 40 heavy (non-hydrogen) atoms. The van der Waals surface area contributed by atoms with Crippen LogP contribution in [0.25, 0.3) is 0 Å². The monoisotopic (exact) mass is 538 g/mol. The lowest BCUT2D eigenvalue weighted by Crippen LogP contribution is -2.38. The Bertz CT molecular complexity index is 1560. The molecule has 8 nitrogen and oxygen atoms in total. The fourth-order valence-corrected chi connectivity index (χ4v) is 5.81. The molecule has 8 heteroatoms. The van der Waals surface area contributed by atoms with Crippen LogP contribution in [0.3, 0.4) is 0 Å². The molecular formula is C32H30N2O6. The molecule has 0 amide bonds. The Balaban J connectivity index is 1.41. The van der Waals surface area contributed by atoms with Gasteiger partial charge in [0, 0.05) is 12.3 Å². The molecule has 0 saturated carbocycles. The van der Waals surface area contributed by atoms with Gasteiger partial charge in [-0.2, -0.15) is 0 Å². The fraction of sp³-hybridized carbons (Fsp3) is 0.250. The highest BCUT2D eigenvalue weighted by Gasteiger charge is 2.52. The third-order valence-corrected chi connectivity index (χ3v) is 7.72. The zero-order chi connectivity index (χ0) is 27.7. The van der Waals surface area contributed by atoms with Crippen molar-refractivity contribution in [3.8, 4) is 5.75 Å². The summed E-state index contributed by atoms with van der Waals surface area (Å²) in [6, 6.07) is 29.3. The van der Waals surface area contributed by atoms with Crippen LogP contribution in [0.1, 0.15) is 22.9 Å². The number of ether oxygens (including phenoxy) is 4. The van der Waals surface area contributed by atoms with Crippen molar-refractivity contribution in [1.82, 2.24) is 9.55 Å². The highest BCUT2D eigenvalue weighted by Crippen LogP contribution is 2.46. The molecule has 0 aliphatic carbocycles. The Labute approximate surface area is 231 Å². The van der Waals surface area contributed by atoms with Gasteiger partial charge in [0.15, 0.2) is 0 Å². The Morgan fingerprint density at radius 3 is 2.15 bits per heavy atom. The average molecular weight is 539 g/mol. The molecule has 6 rings (SSSR count). The molecule has 2 aliphatic rings. The minimum atomic E-state index is -0.976. The number of benzene rings is 3. The van der Waals surface area contributed by atoms with Crippen LogP contribution in [0, 0.1) is 5.92 Å². The first-order valence-corrected chi connectivity index (χ1v) is 13.2. The van der Waals surface area contributed by atoms with Crippen LogP contribution >= 0.6 is 0 Å². The molecule has 3 heterocycles. The molecule has 0 radical (unpaired) electrons. The summed E-state index contributed by atoms with van der Waals surface area (Å²) < 4.78 is 26.4. The number of hydrogen-bond acceptors (Lipinski definition) is 6. The Kier molecular flexibility index (Phi) is 6.98. The van der Waals surface area contributed by atoms with Crippen molar-refractivity contribution in [1.29, 1.82) is 0 Å². The quantitative estimate of drug-likeness (QED) is 0.269. The van der Waals surface area contributed by atoms with Crippen molar-refractivity contribution in [3.63, 3.8) is 0 Å². The smallest absolute Gasteiger partial charge is 0.330 e. The van der Waals surface area contributed by atoms with Gasteiger partial charge in [-0.3, -0.25) is 14.3 Å². The molecule has 204 valence electrons. The van der Waals surface area contributed by atoms with Crippen LogP contribution in [0.15, 0.2) is 119 Å². The molecule has 1 aromatic heterocycles. The normalized spacial score (nSPS) is 22.3. The number of fused-ring (bicyclic) bond motifs is 1. The summed E-state index contributed by atoms with van der Waals surface area (Å²) in [4.78, 5) is 26.7. The number of nitrogens with one attached hydrogen (secondary N) is 1. The summed E-state index contributed by atoms with van der Waals surface area (Å²) in [5.41, 5.74) is 1.67. The predicted molar refractivity (Wildman–Crippen MR) is 149 cm³/mol. The highest BCUT2D eigenvalue weighted by atomic mass is 16.6. The van der Waals surface area contributed by atoms with Crippen molar-refractivity contribution in [2.45, 2.75) is 24.0 Å². The van der Waals surface area contributed by atoms with Gasteiger partial charge in [0.1, 0.15) is 23.7 Å². The van der Waals surface area contributed by atoms with E-state index in [0.29, 0.717) is 6.61 Å². The molecule has 2 fully saturated rings. The number of H-pyrrole nitrogens is 1. The van der Waals surface area contributed by atoms with Gasteiger partial charge in [-0.05, 0) is 34.4 Å². The zero-order valence-electron chi connectivity index (χ0n) is 22.1. The van der Waals surface area contributed by atoms with Crippen LogP contribution in [0.4, 0.5) is 0 Å². The SMILES string of the molecule is C=C1CO[C@@H]2[C@H]1[C@H](n1ccc(=O)[nH]c1=O)O[C@@H]2COC(c1ccccc1)(c1ccccc1)c1ccc(OC)cc1. The summed E-state index contributed by atoms with van der Waals surface area (Å²) >= 11 is 0. The first-order valence-electron chi connectivity index (χ1n) is 13.2. The Hall–Kier alpha value is -4.24. The molecule has 4 atom stereocenters. The first kappa shape index (κ1) is 26.0. The van der Waals surface area contributed by atoms with E-state index in [4.69, 9.17) is 18.9 Å². The van der Waals surface area contributed by atoms with Gasteiger partial charge in [0.25, 0.3) is 5.56 Å². The topological polar surface area (TPSA) is 91.8 Å². The third-order valence-electron chi connectivity index (χ3n) is 7.72. The Morgan fingerprint density at radius 2 is 1.55 bits per heavy atom. The van der Waals surface area contributed by atoms with Gasteiger partial charge in [-0.15, -0.1) is 0 Å². The van der Waals surface area contributed by atoms with Gasteiger partial charge in [0.05, 0.1) is 32.3 Å². The van der Waals surface area contributed by atoms with Crippen molar-refractivity contribution in [2.24, 2.45) is 5.92 Å². The van der Waals surface area contributed by atoms with E-state index in [2.05, 4.69) is 11.6 Å². The summed E-state index contributed by atoms with van der Waals surface area (Å²) in [6.45, 7) is 4.71. The van der Waals surface area contributed by atoms with E-state index in [1.54, 1.807) is 7.11 Å². The maximum Gasteiger partial charge on any atom is 0.330 e. The van der Waals surface area contributed by atoms with Gasteiger partial charge in [-0.25, -0.2) is 4.79 Å². The second kappa shape index (κ2) is 10.7. The standard InChI is InChI=1S/C32H30N2O6/c1-21-19-38-29-26(40-30(28(21)29)34-18-17-27(35)33-31(34)36)20-39-32(22-9-5-3-6-10-22,23-11-7-4-8-12-23)24-13-15-25(37-2)16-14-24/h3-18,26,28-30H,1,19-20H2,2H3,(H,33,35,36)/t26-,28+,29+,30-/m1/s1. The number of nitrogens with zero attached hydrogens (tertiary/aromatic N) is 1. The van der Waals surface area contributed by atoms with Crippen molar-refractivity contribution < 1.29 is 18.9 Å². The highest BCUT2D eigenvalue weighted by molar-refractivity contribution is 5.48. The lowest BCUT2D eigenvalue weighted by Gasteiger charge is -2.37. The second-order valence-electron chi connectivity index (χ2n) is 9.99. The summed E-state index contributed by atoms with van der Waals surface area (Å²) in [6.07, 6.45) is -0.0933. The molecular weight excluding hydrogens is 508 g/mol. The van der Waals surface area contributed by atoms with Crippen LogP contribution in [0.2, 0.25) is 0 Å². The van der Waals surface area contributed by atoms with E-state index in [1.807, 2.05) is 84.9 Å². The largest absolute Gasteiger partial charge is 0.497 e. The van der Waals surface area contributed by atoms with E-state index in [0.717, 1.165) is 28.0 Å². The Morgan fingerprint density at radius 1 is 0.925 bits per heavy atom. The molecule has 0 bridgehead atoms. The number of aromatic nitrogens is 2. The van der Waals surface area contributed by atoms with E-state index < -0.39 is 29.2 Å². The van der Waals surface area contributed by atoms with E-state index in [-0.39, 0.29) is 18.6 Å². The molecule has 0 spiro atoms. The average Bonchev–Trinajstić information content (AvgIpc) is 3.55. The van der Waals surface area contributed by atoms with Gasteiger partial charge in [-0.1, -0.05) is 79.4 Å². The lowest BCUT2D eigenvalue weighted by atomic mass is 9.80. The number of rotatable bonds is 8. The second-order valence-corrected chi connectivity index (χ2v) is 9.99. The lowest BCUT2D eigenvalue weighted by molar-refractivity contribution is -0.103. The number of hydrogen-bond donors (Lipinski definition) is 1. The molecule has 1 N–H and O–H groups in total. The van der Waals surface area contributed by atoms with Gasteiger partial charge in [0.2, 0.25) is 0 Å². The van der Waals surface area contributed by atoms with Crippen LogP contribution < -0.4 is 16.0 Å². The van der Waals surface area contributed by atoms with Gasteiger partial charge >= 0.3 is 5.69 Å². The van der Waals surface area contributed by atoms with E-state index >= 15 is 0 Å². The first-order chi connectivity index (χ1) is 19.5. The minimum absolute atomic E-state index is 0.166. The third kappa shape index (κ3) is 4.50. The maximum absolute atomic E-state index is 12.7. The maximum atomic E-state index is 12.7. The number of aromatic amines is 1. The predicted octanol–water partition coefficient (Wildman–Crippen LogP) is 4.02. The molecule has 2 aliphatic heterocycles. The number of methoxy groups -OCH3 is 1. The van der Waals surface area contributed by atoms with Crippen LogP contribution in [0.5, 0.6) is 5.75 Å². The van der Waals surface area contributed by atoms with Crippen molar-refractivity contribution in [2.75, 3.05) is 20.3 Å². The van der Waals surface area contributed by atoms with Crippen LogP contribution in [-0.4, -0.2) is 42.1 Å². The molecule has 4 aromatic rings. The van der Waals surface area contributed by atoms with E-state index in [1.165, 1.54) is 16.8 Å². The molecule has 0 unspecified atom stereocenters. The van der Waals surface area contributed by atoms with Crippen molar-refractivity contribution in [3.05, 3.63) is 147 Å². The fourth-order valence-electron chi connectivity index (χ4n) is 5.81. The summed E-state index contributed by atoms with van der Waals surface area (Å²) in [5, 5.41) is 0. The van der Waals surface area contributed by atoms with Gasteiger partial charge < -0.3 is 18.9 Å². The summed E-state index contributed by atoms with van der Waals surface area (Å²) in [5.74, 6) is 0.480. The van der Waals surface area contributed by atoms with Crippen LogP contribution in [-0.2, 0) is 19.8 Å². The van der Waals surface area contributed by atoms with Crippen molar-refractivity contribution >= 4 is 0 Å². The van der Waals surface area contributed by atoms with E-state index in [9.17, 15) is 9.59 Å². The summed E-state index contributed by atoms with van der Waals surface area (Å²) in [7, 11) is 1.64. The zero-order valence-corrected chi connectivity index (χ0v) is 22.1. The molecule has 3 aromatic carbocycles. The minimum Gasteiger partial charge on any atom is -0.497 e.